The first-order valence-corrected chi connectivity index (χ1v) is 8.37. The van der Waals surface area contributed by atoms with Crippen molar-refractivity contribution in [3.8, 4) is 11.1 Å². The summed E-state index contributed by atoms with van der Waals surface area (Å²) in [6.07, 6.45) is 1.78. The number of thiophene rings is 1. The third-order valence-corrected chi connectivity index (χ3v) is 4.62. The van der Waals surface area contributed by atoms with Gasteiger partial charge in [-0.2, -0.15) is 0 Å². The molecule has 1 aromatic carbocycles. The summed E-state index contributed by atoms with van der Waals surface area (Å²) in [4.78, 5) is 20.8. The largest absolute Gasteiger partial charge is 0.309 e. The summed E-state index contributed by atoms with van der Waals surface area (Å²) >= 11 is 1.51. The van der Waals surface area contributed by atoms with Crippen LogP contribution in [-0.4, -0.2) is 16.5 Å². The van der Waals surface area contributed by atoms with Gasteiger partial charge >= 0.3 is 0 Å². The number of nitrogens with zero attached hydrogens (tertiary/aromatic N) is 1. The lowest BCUT2D eigenvalue weighted by Crippen LogP contribution is -2.19. The minimum atomic E-state index is -0.0818. The van der Waals surface area contributed by atoms with Gasteiger partial charge in [0.25, 0.3) is 5.56 Å². The number of hydrogen-bond donors (Lipinski definition) is 2. The van der Waals surface area contributed by atoms with Crippen molar-refractivity contribution in [2.24, 2.45) is 0 Å². The molecule has 0 amide bonds. The number of aromatic amines is 1. The van der Waals surface area contributed by atoms with E-state index < -0.39 is 0 Å². The normalized spacial score (nSPS) is 11.0. The smallest absolute Gasteiger partial charge is 0.260 e. The zero-order valence-electron chi connectivity index (χ0n) is 13.3. The van der Waals surface area contributed by atoms with E-state index >= 15 is 0 Å². The Labute approximate surface area is 138 Å². The number of fused-ring (bicyclic) bond motifs is 1. The van der Waals surface area contributed by atoms with Gasteiger partial charge in [-0.05, 0) is 25.0 Å². The number of rotatable bonds is 5. The van der Waals surface area contributed by atoms with Gasteiger partial charge in [-0.1, -0.05) is 29.8 Å². The number of aromatic nitrogens is 2. The van der Waals surface area contributed by atoms with Gasteiger partial charge in [-0.3, -0.25) is 4.79 Å². The SMILES string of the molecule is C=CCNCc1nc2scc(-c3ccc(C)cc3C)c2c(=O)[nH]1. The Kier molecular flexibility index (Phi) is 4.41. The van der Waals surface area contributed by atoms with Crippen molar-refractivity contribution < 1.29 is 0 Å². The zero-order chi connectivity index (χ0) is 16.4. The maximum absolute atomic E-state index is 12.5. The Hall–Kier alpha value is -2.24. The fourth-order valence-electron chi connectivity index (χ4n) is 2.68. The molecule has 0 aliphatic heterocycles. The van der Waals surface area contributed by atoms with Gasteiger partial charge in [0.15, 0.2) is 0 Å². The molecule has 4 nitrogen and oxygen atoms in total. The number of hydrogen-bond acceptors (Lipinski definition) is 4. The molecule has 0 atom stereocenters. The van der Waals surface area contributed by atoms with Crippen molar-refractivity contribution in [2.75, 3.05) is 6.54 Å². The van der Waals surface area contributed by atoms with Gasteiger partial charge in [0.2, 0.25) is 0 Å². The minimum absolute atomic E-state index is 0.0818. The number of H-pyrrole nitrogens is 1. The van der Waals surface area contributed by atoms with Crippen LogP contribution < -0.4 is 10.9 Å². The third-order valence-electron chi connectivity index (χ3n) is 3.75. The van der Waals surface area contributed by atoms with Gasteiger partial charge in [0.05, 0.1) is 11.9 Å². The molecule has 118 valence electrons. The standard InChI is InChI=1S/C18H19N3OS/c1-4-7-19-9-15-20-17(22)16-14(10-23-18(16)21-15)13-6-5-11(2)8-12(13)3/h4-6,8,10,19H,1,7,9H2,2-3H3,(H,20,21,22). The number of benzene rings is 1. The molecule has 3 rings (SSSR count). The van der Waals surface area contributed by atoms with Crippen LogP contribution >= 0.6 is 11.3 Å². The molecule has 0 bridgehead atoms. The monoisotopic (exact) mass is 325 g/mol. The van der Waals surface area contributed by atoms with E-state index in [1.807, 2.05) is 5.38 Å². The lowest BCUT2D eigenvalue weighted by molar-refractivity contribution is 0.718. The van der Waals surface area contributed by atoms with Gasteiger partial charge in [0.1, 0.15) is 10.7 Å². The van der Waals surface area contributed by atoms with E-state index in [4.69, 9.17) is 0 Å². The zero-order valence-corrected chi connectivity index (χ0v) is 14.1. The van der Waals surface area contributed by atoms with Crippen LogP contribution in [-0.2, 0) is 6.54 Å². The highest BCUT2D eigenvalue weighted by Gasteiger charge is 2.14. The Morgan fingerprint density at radius 3 is 2.91 bits per heavy atom. The van der Waals surface area contributed by atoms with Crippen LogP contribution in [0.3, 0.4) is 0 Å². The van der Waals surface area contributed by atoms with Crippen LogP contribution in [0.2, 0.25) is 0 Å². The Morgan fingerprint density at radius 2 is 2.17 bits per heavy atom. The predicted octanol–water partition coefficient (Wildman–Crippen LogP) is 3.54. The molecule has 0 radical (unpaired) electrons. The highest BCUT2D eigenvalue weighted by molar-refractivity contribution is 7.17. The third kappa shape index (κ3) is 3.11. The molecule has 0 unspecified atom stereocenters. The maximum Gasteiger partial charge on any atom is 0.260 e. The second kappa shape index (κ2) is 6.48. The van der Waals surface area contributed by atoms with E-state index in [-0.39, 0.29) is 5.56 Å². The molecule has 0 aliphatic rings. The summed E-state index contributed by atoms with van der Waals surface area (Å²) in [5.74, 6) is 0.651. The summed E-state index contributed by atoms with van der Waals surface area (Å²) in [5.41, 5.74) is 4.35. The number of nitrogens with one attached hydrogen (secondary N) is 2. The van der Waals surface area contributed by atoms with Crippen LogP contribution in [0.1, 0.15) is 17.0 Å². The molecule has 0 saturated carbocycles. The Bertz CT molecular complexity index is 924. The summed E-state index contributed by atoms with van der Waals surface area (Å²) < 4.78 is 0. The quantitative estimate of drug-likeness (QED) is 0.557. The second-order valence-corrected chi connectivity index (χ2v) is 6.44. The average Bonchev–Trinajstić information content (AvgIpc) is 2.92. The van der Waals surface area contributed by atoms with E-state index in [2.05, 4.69) is 53.9 Å². The molecule has 0 saturated heterocycles. The first-order chi connectivity index (χ1) is 11.1. The van der Waals surface area contributed by atoms with Crippen molar-refractivity contribution in [1.82, 2.24) is 15.3 Å². The van der Waals surface area contributed by atoms with Crippen molar-refractivity contribution in [3.63, 3.8) is 0 Å². The Balaban J connectivity index is 2.07. The predicted molar refractivity (Wildman–Crippen MR) is 97.1 cm³/mol. The van der Waals surface area contributed by atoms with E-state index in [1.54, 1.807) is 6.08 Å². The second-order valence-electron chi connectivity index (χ2n) is 5.58. The molecule has 0 spiro atoms. The topological polar surface area (TPSA) is 57.8 Å². The van der Waals surface area contributed by atoms with Crippen LogP contribution in [0.15, 0.2) is 41.0 Å². The van der Waals surface area contributed by atoms with Gasteiger partial charge < -0.3 is 10.3 Å². The van der Waals surface area contributed by atoms with Crippen LogP contribution in [0.5, 0.6) is 0 Å². The van der Waals surface area contributed by atoms with E-state index in [9.17, 15) is 4.79 Å². The molecule has 2 heterocycles. The van der Waals surface area contributed by atoms with Gasteiger partial charge in [0, 0.05) is 17.5 Å². The van der Waals surface area contributed by atoms with Gasteiger partial charge in [-0.15, -0.1) is 17.9 Å². The molecule has 5 heteroatoms. The van der Waals surface area contributed by atoms with Crippen molar-refractivity contribution >= 4 is 21.6 Å². The summed E-state index contributed by atoms with van der Waals surface area (Å²) in [6.45, 7) is 9.00. The Morgan fingerprint density at radius 1 is 1.35 bits per heavy atom. The lowest BCUT2D eigenvalue weighted by atomic mass is 9.99. The highest BCUT2D eigenvalue weighted by atomic mass is 32.1. The highest BCUT2D eigenvalue weighted by Crippen LogP contribution is 2.32. The fourth-order valence-corrected chi connectivity index (χ4v) is 3.64. The van der Waals surface area contributed by atoms with Crippen LogP contribution in [0, 0.1) is 13.8 Å². The van der Waals surface area contributed by atoms with E-state index in [0.717, 1.165) is 16.0 Å². The molecular weight excluding hydrogens is 306 g/mol. The van der Waals surface area contributed by atoms with E-state index in [0.29, 0.717) is 24.3 Å². The van der Waals surface area contributed by atoms with Crippen molar-refractivity contribution in [3.05, 3.63) is 63.5 Å². The fraction of sp³-hybridized carbons (Fsp3) is 0.222. The molecule has 23 heavy (non-hydrogen) atoms. The summed E-state index contributed by atoms with van der Waals surface area (Å²) in [7, 11) is 0. The van der Waals surface area contributed by atoms with E-state index in [1.165, 1.54) is 22.5 Å². The van der Waals surface area contributed by atoms with Crippen LogP contribution in [0.4, 0.5) is 0 Å². The first-order valence-electron chi connectivity index (χ1n) is 7.50. The molecular formula is C18H19N3OS. The summed E-state index contributed by atoms with van der Waals surface area (Å²) in [5, 5.41) is 5.85. The first kappa shape index (κ1) is 15.6. The van der Waals surface area contributed by atoms with Crippen molar-refractivity contribution in [1.29, 1.82) is 0 Å². The minimum Gasteiger partial charge on any atom is -0.309 e. The molecule has 2 N–H and O–H groups in total. The molecule has 0 fully saturated rings. The molecule has 0 aliphatic carbocycles. The maximum atomic E-state index is 12.5. The summed E-state index contributed by atoms with van der Waals surface area (Å²) in [6, 6.07) is 6.28. The lowest BCUT2D eigenvalue weighted by Gasteiger charge is -2.06. The van der Waals surface area contributed by atoms with Gasteiger partial charge in [-0.25, -0.2) is 4.98 Å². The number of aryl methyl sites for hydroxylation is 2. The average molecular weight is 325 g/mol. The molecule has 3 aromatic rings. The van der Waals surface area contributed by atoms with Crippen molar-refractivity contribution in [2.45, 2.75) is 20.4 Å². The van der Waals surface area contributed by atoms with Crippen LogP contribution in [0.25, 0.3) is 21.3 Å². The molecule has 2 aromatic heterocycles.